The predicted molar refractivity (Wildman–Crippen MR) is 214 cm³/mol. The van der Waals surface area contributed by atoms with Crippen LogP contribution in [0.2, 0.25) is 0 Å². The fraction of sp³-hybridized carbons (Fsp3) is 0.644. The Labute approximate surface area is 307 Å². The lowest BCUT2D eigenvalue weighted by Gasteiger charge is -2.15. The normalized spacial score (nSPS) is 13.1. The summed E-state index contributed by atoms with van der Waals surface area (Å²) in [4.78, 5) is 24.2. The molecule has 0 amide bonds. The molecule has 0 aromatic carbocycles. The molecule has 1 N–H and O–H groups in total. The van der Waals surface area contributed by atoms with Crippen LogP contribution in [-0.2, 0) is 19.1 Å². The number of hydrogen-bond acceptors (Lipinski definition) is 5. The summed E-state index contributed by atoms with van der Waals surface area (Å²) in [6.45, 7) is 3.94. The minimum Gasteiger partial charge on any atom is -0.462 e. The lowest BCUT2D eigenvalue weighted by atomic mass is 10.1. The molecule has 0 saturated heterocycles. The summed E-state index contributed by atoms with van der Waals surface area (Å²) >= 11 is 0. The molecule has 1 unspecified atom stereocenters. The molecule has 0 fully saturated rings. The van der Waals surface area contributed by atoms with Gasteiger partial charge in [0.25, 0.3) is 0 Å². The van der Waals surface area contributed by atoms with Crippen LogP contribution in [0.1, 0.15) is 168 Å². The number of rotatable bonds is 35. The van der Waals surface area contributed by atoms with E-state index in [9.17, 15) is 14.7 Å². The maximum Gasteiger partial charge on any atom is 0.306 e. The number of hydrogen-bond donors (Lipinski definition) is 1. The zero-order valence-electron chi connectivity index (χ0n) is 32.1. The van der Waals surface area contributed by atoms with E-state index in [1.54, 1.807) is 0 Å². The van der Waals surface area contributed by atoms with Crippen molar-refractivity contribution >= 4 is 11.9 Å². The topological polar surface area (TPSA) is 72.8 Å². The Balaban J connectivity index is 3.71. The van der Waals surface area contributed by atoms with Crippen molar-refractivity contribution in [3.63, 3.8) is 0 Å². The fourth-order valence-corrected chi connectivity index (χ4v) is 5.16. The van der Waals surface area contributed by atoms with Gasteiger partial charge in [0.05, 0.1) is 6.61 Å². The van der Waals surface area contributed by atoms with E-state index >= 15 is 0 Å². The summed E-state index contributed by atoms with van der Waals surface area (Å²) in [6, 6.07) is 0. The lowest BCUT2D eigenvalue weighted by molar-refractivity contribution is -0.161. The van der Waals surface area contributed by atoms with Crippen LogP contribution in [0, 0.1) is 0 Å². The Hall–Kier alpha value is -2.92. The molecule has 0 heterocycles. The molecule has 0 aliphatic heterocycles. The summed E-state index contributed by atoms with van der Waals surface area (Å²) in [5.41, 5.74) is 0. The van der Waals surface area contributed by atoms with Gasteiger partial charge >= 0.3 is 11.9 Å². The Morgan fingerprint density at radius 3 is 1.38 bits per heavy atom. The van der Waals surface area contributed by atoms with Crippen molar-refractivity contribution in [1.29, 1.82) is 0 Å². The third-order valence-electron chi connectivity index (χ3n) is 8.19. The Kier molecular flexibility index (Phi) is 38.1. The zero-order chi connectivity index (χ0) is 36.4. The average molecular weight is 695 g/mol. The van der Waals surface area contributed by atoms with E-state index in [0.29, 0.717) is 12.8 Å². The second-order valence-electron chi connectivity index (χ2n) is 13.0. The molecule has 0 aliphatic rings. The molecular weight excluding hydrogens is 620 g/mol. The molecule has 0 aromatic heterocycles. The van der Waals surface area contributed by atoms with Crippen LogP contribution >= 0.6 is 0 Å². The monoisotopic (exact) mass is 695 g/mol. The molecule has 50 heavy (non-hydrogen) atoms. The molecule has 0 radical (unpaired) electrons. The van der Waals surface area contributed by atoms with Crippen LogP contribution in [0.25, 0.3) is 0 Å². The van der Waals surface area contributed by atoms with E-state index < -0.39 is 6.10 Å². The number of unbranched alkanes of at least 4 members (excludes halogenated alkanes) is 13. The molecule has 0 spiro atoms. The van der Waals surface area contributed by atoms with E-state index in [0.717, 1.165) is 57.8 Å². The Morgan fingerprint density at radius 2 is 0.900 bits per heavy atom. The molecule has 0 aliphatic carbocycles. The van der Waals surface area contributed by atoms with Crippen molar-refractivity contribution in [3.8, 4) is 0 Å². The summed E-state index contributed by atoms with van der Waals surface area (Å²) < 4.78 is 10.5. The highest BCUT2D eigenvalue weighted by atomic mass is 16.6. The second kappa shape index (κ2) is 40.5. The summed E-state index contributed by atoms with van der Waals surface area (Å²) in [5, 5.41) is 9.55. The highest BCUT2D eigenvalue weighted by molar-refractivity contribution is 5.70. The summed E-state index contributed by atoms with van der Waals surface area (Å²) in [5.74, 6) is -0.700. The van der Waals surface area contributed by atoms with Crippen LogP contribution < -0.4 is 0 Å². The number of aliphatic hydroxyl groups is 1. The van der Waals surface area contributed by atoms with Gasteiger partial charge in [-0.1, -0.05) is 163 Å². The second-order valence-corrected chi connectivity index (χ2v) is 13.0. The SMILES string of the molecule is CCC=CCC=CCC=CCC=CCC=CCC=CCCC(=O)OCC(CO)OC(=O)CCCCCCCCCC=CCCCCCCCC. The first-order valence-electron chi connectivity index (χ1n) is 20.1. The lowest BCUT2D eigenvalue weighted by Crippen LogP contribution is -2.28. The Morgan fingerprint density at radius 1 is 0.480 bits per heavy atom. The molecule has 284 valence electrons. The number of aliphatic hydroxyl groups excluding tert-OH is 1. The first-order chi connectivity index (χ1) is 24.6. The van der Waals surface area contributed by atoms with Gasteiger partial charge in [-0.25, -0.2) is 0 Å². The highest BCUT2D eigenvalue weighted by Gasteiger charge is 2.15. The van der Waals surface area contributed by atoms with Gasteiger partial charge in [0.2, 0.25) is 0 Å². The third kappa shape index (κ3) is 37.9. The van der Waals surface area contributed by atoms with Crippen molar-refractivity contribution in [1.82, 2.24) is 0 Å². The zero-order valence-corrected chi connectivity index (χ0v) is 32.1. The number of esters is 2. The van der Waals surface area contributed by atoms with E-state index in [4.69, 9.17) is 9.47 Å². The predicted octanol–water partition coefficient (Wildman–Crippen LogP) is 12.7. The number of carbonyl (C=O) groups excluding carboxylic acids is 2. The maximum absolute atomic E-state index is 12.2. The first-order valence-corrected chi connectivity index (χ1v) is 20.1. The fourth-order valence-electron chi connectivity index (χ4n) is 5.16. The van der Waals surface area contributed by atoms with Gasteiger partial charge in [-0.3, -0.25) is 9.59 Å². The van der Waals surface area contributed by atoms with Gasteiger partial charge in [0, 0.05) is 12.8 Å². The van der Waals surface area contributed by atoms with Gasteiger partial charge < -0.3 is 14.6 Å². The van der Waals surface area contributed by atoms with E-state index in [-0.39, 0.29) is 31.6 Å². The standard InChI is InChI=1S/C45H74O5/c1-3-5-7-9-11-13-15-17-19-21-22-24-25-27-29-31-33-35-37-39-44(47)49-42-43(41-46)50-45(48)40-38-36-34-32-30-28-26-23-20-18-16-14-12-10-8-6-4-2/h5,7,11,13,17-20,22,24,27,29,33,35,43,46H,3-4,6,8-10,12,14-16,21,23,25-26,28,30-32,34,36-42H2,1-2H3. The largest absolute Gasteiger partial charge is 0.462 e. The van der Waals surface area contributed by atoms with Gasteiger partial charge in [-0.2, -0.15) is 0 Å². The average Bonchev–Trinajstić information content (AvgIpc) is 3.12. The van der Waals surface area contributed by atoms with E-state index in [2.05, 4.69) is 86.8 Å². The van der Waals surface area contributed by atoms with Crippen molar-refractivity contribution in [2.24, 2.45) is 0 Å². The van der Waals surface area contributed by atoms with Crippen LogP contribution in [0.5, 0.6) is 0 Å². The van der Waals surface area contributed by atoms with Crippen molar-refractivity contribution < 1.29 is 24.2 Å². The smallest absolute Gasteiger partial charge is 0.306 e. The van der Waals surface area contributed by atoms with E-state index in [1.165, 1.54) is 77.0 Å². The molecule has 0 saturated carbocycles. The molecule has 0 rings (SSSR count). The summed E-state index contributed by atoms with van der Waals surface area (Å²) in [7, 11) is 0. The van der Waals surface area contributed by atoms with Crippen LogP contribution in [-0.4, -0.2) is 36.4 Å². The number of allylic oxidation sites excluding steroid dienone is 14. The van der Waals surface area contributed by atoms with Crippen molar-refractivity contribution in [2.45, 2.75) is 174 Å². The third-order valence-corrected chi connectivity index (χ3v) is 8.19. The molecule has 0 bridgehead atoms. The molecular formula is C45H74O5. The van der Waals surface area contributed by atoms with E-state index in [1.807, 2.05) is 12.2 Å². The number of ether oxygens (including phenoxy) is 2. The van der Waals surface area contributed by atoms with Gasteiger partial charge in [0.15, 0.2) is 6.10 Å². The van der Waals surface area contributed by atoms with Gasteiger partial charge in [-0.15, -0.1) is 0 Å². The maximum atomic E-state index is 12.2. The first kappa shape index (κ1) is 47.1. The van der Waals surface area contributed by atoms with Gasteiger partial charge in [0.1, 0.15) is 6.61 Å². The minimum absolute atomic E-state index is 0.112. The quantitative estimate of drug-likeness (QED) is 0.0406. The Bertz CT molecular complexity index is 968. The van der Waals surface area contributed by atoms with Crippen LogP contribution in [0.4, 0.5) is 0 Å². The van der Waals surface area contributed by atoms with Crippen LogP contribution in [0.3, 0.4) is 0 Å². The molecule has 5 nitrogen and oxygen atoms in total. The van der Waals surface area contributed by atoms with Crippen molar-refractivity contribution in [3.05, 3.63) is 85.1 Å². The van der Waals surface area contributed by atoms with Crippen molar-refractivity contribution in [2.75, 3.05) is 13.2 Å². The van der Waals surface area contributed by atoms with Gasteiger partial charge in [-0.05, 0) is 77.0 Å². The molecule has 1 atom stereocenters. The minimum atomic E-state index is -0.808. The molecule has 5 heteroatoms. The van der Waals surface area contributed by atoms with Crippen LogP contribution in [0.15, 0.2) is 85.1 Å². The highest BCUT2D eigenvalue weighted by Crippen LogP contribution is 2.12. The summed E-state index contributed by atoms with van der Waals surface area (Å²) in [6.07, 6.45) is 55.1. The molecule has 0 aromatic rings. The number of carbonyl (C=O) groups is 2.